The van der Waals surface area contributed by atoms with E-state index in [1.807, 2.05) is 13.0 Å². The third kappa shape index (κ3) is 3.88. The van der Waals surface area contributed by atoms with Crippen LogP contribution in [0.1, 0.15) is 15.9 Å². The molecule has 2 rings (SSSR count). The predicted octanol–water partition coefficient (Wildman–Crippen LogP) is 4.07. The molecule has 2 aromatic rings. The van der Waals surface area contributed by atoms with Crippen molar-refractivity contribution in [2.75, 3.05) is 11.6 Å². The molecule has 0 radical (unpaired) electrons. The van der Waals surface area contributed by atoms with Crippen LogP contribution in [0.3, 0.4) is 0 Å². The molecule has 0 aromatic heterocycles. The van der Waals surface area contributed by atoms with Crippen LogP contribution in [0, 0.1) is 6.92 Å². The number of carbonyl (C=O) groups excluding carboxylic acids is 1. The molecular weight excluding hydrogens is 390 g/mol. The van der Waals surface area contributed by atoms with E-state index in [1.165, 1.54) is 18.2 Å². The van der Waals surface area contributed by atoms with Crippen LogP contribution in [0.15, 0.2) is 45.8 Å². The molecule has 0 aliphatic rings. The monoisotopic (exact) mass is 401 g/mol. The highest BCUT2D eigenvalue weighted by atomic mass is 79.9. The number of hydrogen-bond donors (Lipinski definition) is 1. The minimum absolute atomic E-state index is 0.0505. The van der Waals surface area contributed by atoms with E-state index in [2.05, 4.69) is 21.2 Å². The number of carbonyl (C=O) groups is 1. The SMILES string of the molecule is Cc1cc(Br)ccc1NC(=O)c1cc(S(C)(=O)=O)ccc1Cl. The molecule has 0 bridgehead atoms. The fraction of sp³-hybridized carbons (Fsp3) is 0.133. The molecule has 0 saturated carbocycles. The topological polar surface area (TPSA) is 63.2 Å². The van der Waals surface area contributed by atoms with Gasteiger partial charge >= 0.3 is 0 Å². The number of rotatable bonds is 3. The van der Waals surface area contributed by atoms with Crippen LogP contribution in [-0.4, -0.2) is 20.6 Å². The molecule has 0 unspecified atom stereocenters. The lowest BCUT2D eigenvalue weighted by Gasteiger charge is -2.10. The number of aryl methyl sites for hydroxylation is 1. The van der Waals surface area contributed by atoms with Crippen molar-refractivity contribution in [3.05, 3.63) is 57.0 Å². The Balaban J connectivity index is 2.37. The van der Waals surface area contributed by atoms with Gasteiger partial charge in [0.25, 0.3) is 5.91 Å². The number of anilines is 1. The summed E-state index contributed by atoms with van der Waals surface area (Å²) < 4.78 is 24.1. The lowest BCUT2D eigenvalue weighted by molar-refractivity contribution is 0.102. The molecule has 1 N–H and O–H groups in total. The van der Waals surface area contributed by atoms with Crippen molar-refractivity contribution in [3.63, 3.8) is 0 Å². The highest BCUT2D eigenvalue weighted by Crippen LogP contribution is 2.24. The van der Waals surface area contributed by atoms with Crippen molar-refractivity contribution in [2.24, 2.45) is 0 Å². The second-order valence-electron chi connectivity index (χ2n) is 4.83. The molecule has 22 heavy (non-hydrogen) atoms. The molecule has 0 fully saturated rings. The van der Waals surface area contributed by atoms with Crippen molar-refractivity contribution >= 4 is 49.0 Å². The van der Waals surface area contributed by atoms with Gasteiger partial charge in [-0.2, -0.15) is 0 Å². The van der Waals surface area contributed by atoms with Crippen molar-refractivity contribution in [3.8, 4) is 0 Å². The van der Waals surface area contributed by atoms with Gasteiger partial charge in [-0.1, -0.05) is 27.5 Å². The Morgan fingerprint density at radius 2 is 1.86 bits per heavy atom. The summed E-state index contributed by atoms with van der Waals surface area (Å²) >= 11 is 9.36. The van der Waals surface area contributed by atoms with E-state index in [-0.39, 0.29) is 15.5 Å². The first-order chi connectivity index (χ1) is 10.2. The summed E-state index contributed by atoms with van der Waals surface area (Å²) in [6.07, 6.45) is 1.08. The molecule has 1 amide bonds. The maximum atomic E-state index is 12.3. The maximum Gasteiger partial charge on any atom is 0.257 e. The Kier molecular flexibility index (Phi) is 4.94. The summed E-state index contributed by atoms with van der Waals surface area (Å²) in [7, 11) is -3.41. The van der Waals surface area contributed by atoms with Gasteiger partial charge in [-0.3, -0.25) is 4.79 Å². The molecule has 0 spiro atoms. The van der Waals surface area contributed by atoms with Crippen LogP contribution < -0.4 is 5.32 Å². The molecule has 0 aliphatic carbocycles. The third-order valence-corrected chi connectivity index (χ3v) is 4.98. The fourth-order valence-corrected chi connectivity index (χ4v) is 3.19. The number of hydrogen-bond acceptors (Lipinski definition) is 3. The minimum atomic E-state index is -3.41. The first kappa shape index (κ1) is 17.0. The van der Waals surface area contributed by atoms with Gasteiger partial charge in [0.1, 0.15) is 0 Å². The Labute approximate surface area is 142 Å². The van der Waals surface area contributed by atoms with Crippen molar-refractivity contribution in [1.82, 2.24) is 0 Å². The van der Waals surface area contributed by atoms with Crippen LogP contribution in [-0.2, 0) is 9.84 Å². The van der Waals surface area contributed by atoms with E-state index in [9.17, 15) is 13.2 Å². The fourth-order valence-electron chi connectivity index (χ4n) is 1.87. The van der Waals surface area contributed by atoms with Crippen molar-refractivity contribution < 1.29 is 13.2 Å². The van der Waals surface area contributed by atoms with Gasteiger partial charge in [-0.15, -0.1) is 0 Å². The molecular formula is C15H13BrClNO3S. The predicted molar refractivity (Wildman–Crippen MR) is 91.4 cm³/mol. The molecule has 2 aromatic carbocycles. The van der Waals surface area contributed by atoms with Crippen molar-refractivity contribution in [1.29, 1.82) is 0 Å². The Morgan fingerprint density at radius 3 is 2.45 bits per heavy atom. The average Bonchev–Trinajstić information content (AvgIpc) is 2.41. The van der Waals surface area contributed by atoms with Crippen LogP contribution in [0.25, 0.3) is 0 Å². The number of nitrogens with one attached hydrogen (secondary N) is 1. The first-order valence-electron chi connectivity index (χ1n) is 6.25. The largest absolute Gasteiger partial charge is 0.322 e. The first-order valence-corrected chi connectivity index (χ1v) is 9.32. The molecule has 0 saturated heterocycles. The van der Waals surface area contributed by atoms with Crippen LogP contribution in [0.2, 0.25) is 5.02 Å². The van der Waals surface area contributed by atoms with E-state index in [0.717, 1.165) is 16.3 Å². The van der Waals surface area contributed by atoms with E-state index in [4.69, 9.17) is 11.6 Å². The second-order valence-corrected chi connectivity index (χ2v) is 8.17. The lowest BCUT2D eigenvalue weighted by atomic mass is 10.1. The Hall–Kier alpha value is -1.37. The van der Waals surface area contributed by atoms with Crippen LogP contribution >= 0.6 is 27.5 Å². The van der Waals surface area contributed by atoms with Gasteiger partial charge in [-0.25, -0.2) is 8.42 Å². The van der Waals surface area contributed by atoms with Gasteiger partial charge in [-0.05, 0) is 48.9 Å². The summed E-state index contributed by atoms with van der Waals surface area (Å²) in [5.74, 6) is -0.457. The number of sulfone groups is 1. The standard InChI is InChI=1S/C15H13BrClNO3S/c1-9-7-10(16)3-6-14(9)18-15(19)12-8-11(22(2,20)21)4-5-13(12)17/h3-8H,1-2H3,(H,18,19). The maximum absolute atomic E-state index is 12.3. The highest BCUT2D eigenvalue weighted by Gasteiger charge is 2.16. The van der Waals surface area contributed by atoms with E-state index in [0.29, 0.717) is 5.69 Å². The van der Waals surface area contributed by atoms with Gasteiger partial charge in [0.2, 0.25) is 0 Å². The van der Waals surface area contributed by atoms with Gasteiger partial charge in [0.05, 0.1) is 15.5 Å². The zero-order chi connectivity index (χ0) is 16.5. The molecule has 0 heterocycles. The lowest BCUT2D eigenvalue weighted by Crippen LogP contribution is -2.14. The Morgan fingerprint density at radius 1 is 1.18 bits per heavy atom. The molecule has 0 atom stereocenters. The zero-order valence-electron chi connectivity index (χ0n) is 11.9. The van der Waals surface area contributed by atoms with Gasteiger partial charge in [0.15, 0.2) is 9.84 Å². The molecule has 4 nitrogen and oxygen atoms in total. The number of amides is 1. The highest BCUT2D eigenvalue weighted by molar-refractivity contribution is 9.10. The van der Waals surface area contributed by atoms with Crippen molar-refractivity contribution in [2.45, 2.75) is 11.8 Å². The third-order valence-electron chi connectivity index (χ3n) is 3.05. The quantitative estimate of drug-likeness (QED) is 0.842. The molecule has 7 heteroatoms. The Bertz CT molecular complexity index is 850. The molecule has 116 valence electrons. The average molecular weight is 403 g/mol. The van der Waals surface area contributed by atoms with Gasteiger partial charge < -0.3 is 5.32 Å². The minimum Gasteiger partial charge on any atom is -0.322 e. The summed E-state index contributed by atoms with van der Waals surface area (Å²) in [6, 6.07) is 9.48. The number of halogens is 2. The van der Waals surface area contributed by atoms with E-state index in [1.54, 1.807) is 12.1 Å². The summed E-state index contributed by atoms with van der Waals surface area (Å²) in [5, 5.41) is 2.93. The van der Waals surface area contributed by atoms with E-state index < -0.39 is 15.7 Å². The summed E-state index contributed by atoms with van der Waals surface area (Å²) in [6.45, 7) is 1.86. The van der Waals surface area contributed by atoms with Gasteiger partial charge in [0, 0.05) is 16.4 Å². The smallest absolute Gasteiger partial charge is 0.257 e. The zero-order valence-corrected chi connectivity index (χ0v) is 15.0. The summed E-state index contributed by atoms with van der Waals surface area (Å²) in [4.78, 5) is 12.4. The molecule has 0 aliphatic heterocycles. The van der Waals surface area contributed by atoms with Crippen LogP contribution in [0.4, 0.5) is 5.69 Å². The second kappa shape index (κ2) is 6.40. The van der Waals surface area contributed by atoms with E-state index >= 15 is 0 Å². The number of benzene rings is 2. The van der Waals surface area contributed by atoms with Crippen LogP contribution in [0.5, 0.6) is 0 Å². The summed E-state index contributed by atoms with van der Waals surface area (Å²) in [5.41, 5.74) is 1.62. The normalized spacial score (nSPS) is 11.3.